The lowest BCUT2D eigenvalue weighted by Gasteiger charge is -2.41. The molecule has 0 radical (unpaired) electrons. The zero-order chi connectivity index (χ0) is 15.6. The summed E-state index contributed by atoms with van der Waals surface area (Å²) in [6.45, 7) is 3.74. The Morgan fingerprint density at radius 1 is 1.20 bits per heavy atom. The van der Waals surface area contributed by atoms with Gasteiger partial charge in [0, 0.05) is 0 Å². The highest BCUT2D eigenvalue weighted by molar-refractivity contribution is 5.78. The van der Waals surface area contributed by atoms with E-state index in [2.05, 4.69) is 0 Å². The SMILES string of the molecule is CC(C)C(C)(OC(=O)C1CCCCC1)C(F)(F)C(=O)[O-]. The van der Waals surface area contributed by atoms with Crippen LogP contribution in [0.25, 0.3) is 0 Å². The minimum atomic E-state index is -4.23. The van der Waals surface area contributed by atoms with Gasteiger partial charge in [-0.2, -0.15) is 8.78 Å². The summed E-state index contributed by atoms with van der Waals surface area (Å²) in [5.74, 6) is -8.76. The van der Waals surface area contributed by atoms with Gasteiger partial charge < -0.3 is 14.6 Å². The molecule has 0 bridgehead atoms. The summed E-state index contributed by atoms with van der Waals surface area (Å²) in [7, 11) is 0. The molecule has 1 fully saturated rings. The van der Waals surface area contributed by atoms with Crippen LogP contribution in [-0.4, -0.2) is 23.5 Å². The third-order valence-corrected chi connectivity index (χ3v) is 4.23. The van der Waals surface area contributed by atoms with Gasteiger partial charge in [-0.25, -0.2) is 0 Å². The van der Waals surface area contributed by atoms with Gasteiger partial charge in [-0.15, -0.1) is 0 Å². The standard InChI is InChI=1S/C14H22F2O4/c1-9(2)13(3,14(15,16)12(18)19)20-11(17)10-7-5-4-6-8-10/h9-10H,4-8H2,1-3H3,(H,18,19)/p-1. The zero-order valence-corrected chi connectivity index (χ0v) is 12.1. The van der Waals surface area contributed by atoms with E-state index in [0.29, 0.717) is 12.8 Å². The highest BCUT2D eigenvalue weighted by Crippen LogP contribution is 2.39. The number of ether oxygens (including phenoxy) is 1. The van der Waals surface area contributed by atoms with E-state index >= 15 is 0 Å². The Bertz CT molecular complexity index is 375. The molecule has 20 heavy (non-hydrogen) atoms. The van der Waals surface area contributed by atoms with E-state index in [1.54, 1.807) is 0 Å². The predicted molar refractivity (Wildman–Crippen MR) is 65.9 cm³/mol. The minimum Gasteiger partial charge on any atom is -0.544 e. The van der Waals surface area contributed by atoms with Gasteiger partial charge in [0.15, 0.2) is 5.60 Å². The van der Waals surface area contributed by atoms with Gasteiger partial charge >= 0.3 is 11.9 Å². The van der Waals surface area contributed by atoms with Crippen LogP contribution in [0.2, 0.25) is 0 Å². The second-order valence-electron chi connectivity index (χ2n) is 5.88. The fourth-order valence-corrected chi connectivity index (χ4v) is 2.38. The molecule has 1 aliphatic rings. The maximum Gasteiger partial charge on any atom is 0.325 e. The molecular weight excluding hydrogens is 270 g/mol. The van der Waals surface area contributed by atoms with Crippen molar-refractivity contribution in [1.82, 2.24) is 0 Å². The van der Waals surface area contributed by atoms with Crippen LogP contribution in [0, 0.1) is 11.8 Å². The van der Waals surface area contributed by atoms with Crippen LogP contribution in [0.1, 0.15) is 52.9 Å². The van der Waals surface area contributed by atoms with Crippen molar-refractivity contribution in [2.24, 2.45) is 11.8 Å². The van der Waals surface area contributed by atoms with Crippen molar-refractivity contribution >= 4 is 11.9 Å². The number of halogens is 2. The van der Waals surface area contributed by atoms with Crippen LogP contribution in [-0.2, 0) is 14.3 Å². The number of aliphatic carboxylic acids is 1. The van der Waals surface area contributed by atoms with Crippen molar-refractivity contribution in [3.8, 4) is 0 Å². The van der Waals surface area contributed by atoms with E-state index in [1.165, 1.54) is 13.8 Å². The second-order valence-corrected chi connectivity index (χ2v) is 5.88. The maximum atomic E-state index is 13.8. The van der Waals surface area contributed by atoms with Crippen LogP contribution in [0.4, 0.5) is 8.78 Å². The molecule has 1 saturated carbocycles. The van der Waals surface area contributed by atoms with Gasteiger partial charge in [-0.05, 0) is 25.7 Å². The Morgan fingerprint density at radius 3 is 2.10 bits per heavy atom. The topological polar surface area (TPSA) is 66.4 Å². The van der Waals surface area contributed by atoms with E-state index in [9.17, 15) is 23.5 Å². The molecular formula is C14H21F2O4-. The van der Waals surface area contributed by atoms with Gasteiger partial charge in [-0.1, -0.05) is 33.1 Å². The number of alkyl halides is 2. The maximum absolute atomic E-state index is 13.8. The van der Waals surface area contributed by atoms with Gasteiger partial charge in [0.25, 0.3) is 0 Å². The van der Waals surface area contributed by atoms with Gasteiger partial charge in [0.2, 0.25) is 0 Å². The first-order valence-corrected chi connectivity index (χ1v) is 6.95. The van der Waals surface area contributed by atoms with Crippen molar-refractivity contribution in [2.75, 3.05) is 0 Å². The Hall–Kier alpha value is -1.20. The fraction of sp³-hybridized carbons (Fsp3) is 0.857. The summed E-state index contributed by atoms with van der Waals surface area (Å²) >= 11 is 0. The zero-order valence-electron chi connectivity index (χ0n) is 12.1. The second kappa shape index (κ2) is 6.06. The van der Waals surface area contributed by atoms with Crippen molar-refractivity contribution in [3.05, 3.63) is 0 Å². The molecule has 1 rings (SSSR count). The molecule has 0 aromatic heterocycles. The Balaban J connectivity index is 2.91. The number of carboxylic acid groups (broad SMARTS) is 1. The first-order chi connectivity index (χ1) is 9.13. The molecule has 1 aliphatic carbocycles. The summed E-state index contributed by atoms with van der Waals surface area (Å²) in [5.41, 5.74) is -2.40. The number of esters is 1. The highest BCUT2D eigenvalue weighted by Gasteiger charge is 2.57. The smallest absolute Gasteiger partial charge is 0.325 e. The largest absolute Gasteiger partial charge is 0.544 e. The van der Waals surface area contributed by atoms with Crippen molar-refractivity contribution in [3.63, 3.8) is 0 Å². The summed E-state index contributed by atoms with van der Waals surface area (Å²) in [4.78, 5) is 22.7. The minimum absolute atomic E-state index is 0.417. The highest BCUT2D eigenvalue weighted by atomic mass is 19.3. The monoisotopic (exact) mass is 291 g/mol. The predicted octanol–water partition coefficient (Wildman–Crippen LogP) is 1.91. The summed E-state index contributed by atoms with van der Waals surface area (Å²) in [6, 6.07) is 0. The molecule has 0 amide bonds. The summed E-state index contributed by atoms with van der Waals surface area (Å²) in [5, 5.41) is 10.7. The van der Waals surface area contributed by atoms with Gasteiger partial charge in [-0.3, -0.25) is 4.79 Å². The number of carbonyl (C=O) groups is 2. The third-order valence-electron chi connectivity index (χ3n) is 4.23. The third kappa shape index (κ3) is 3.10. The van der Waals surface area contributed by atoms with E-state index in [1.807, 2.05) is 0 Å². The van der Waals surface area contributed by atoms with Gasteiger partial charge in [0.05, 0.1) is 5.92 Å². The molecule has 116 valence electrons. The number of hydrogen-bond acceptors (Lipinski definition) is 4. The number of hydrogen-bond donors (Lipinski definition) is 0. The molecule has 1 atom stereocenters. The Morgan fingerprint density at radius 2 is 1.70 bits per heavy atom. The van der Waals surface area contributed by atoms with E-state index in [0.717, 1.165) is 26.2 Å². The molecule has 0 aromatic carbocycles. The quantitative estimate of drug-likeness (QED) is 0.726. The lowest BCUT2D eigenvalue weighted by Crippen LogP contribution is -2.61. The number of carboxylic acids is 1. The van der Waals surface area contributed by atoms with E-state index in [-0.39, 0.29) is 0 Å². The summed E-state index contributed by atoms with van der Waals surface area (Å²) < 4.78 is 32.6. The first kappa shape index (κ1) is 16.9. The normalized spacial score (nSPS) is 20.5. The van der Waals surface area contributed by atoms with Crippen molar-refractivity contribution < 1.29 is 28.2 Å². The fourth-order valence-electron chi connectivity index (χ4n) is 2.38. The lowest BCUT2D eigenvalue weighted by atomic mass is 9.84. The molecule has 0 spiro atoms. The van der Waals surface area contributed by atoms with Crippen LogP contribution in [0.3, 0.4) is 0 Å². The number of rotatable bonds is 5. The van der Waals surface area contributed by atoms with Gasteiger partial charge in [0.1, 0.15) is 5.97 Å². The average Bonchev–Trinajstić information content (AvgIpc) is 2.38. The molecule has 1 unspecified atom stereocenters. The van der Waals surface area contributed by atoms with Crippen molar-refractivity contribution in [2.45, 2.75) is 64.4 Å². The summed E-state index contributed by atoms with van der Waals surface area (Å²) in [6.07, 6.45) is 3.93. The molecule has 0 heterocycles. The molecule has 0 aliphatic heterocycles. The number of carbonyl (C=O) groups excluding carboxylic acids is 2. The van der Waals surface area contributed by atoms with E-state index < -0.39 is 35.3 Å². The van der Waals surface area contributed by atoms with Crippen LogP contribution in [0.15, 0.2) is 0 Å². The molecule has 0 N–H and O–H groups in total. The molecule has 6 heteroatoms. The van der Waals surface area contributed by atoms with E-state index in [4.69, 9.17) is 4.74 Å². The van der Waals surface area contributed by atoms with Crippen LogP contribution >= 0.6 is 0 Å². The molecule has 4 nitrogen and oxygen atoms in total. The van der Waals surface area contributed by atoms with Crippen molar-refractivity contribution in [1.29, 1.82) is 0 Å². The molecule has 0 saturated heterocycles. The lowest BCUT2D eigenvalue weighted by molar-refractivity contribution is -0.346. The van der Waals surface area contributed by atoms with Crippen LogP contribution < -0.4 is 5.11 Å². The molecule has 0 aromatic rings. The Labute approximate surface area is 117 Å². The first-order valence-electron chi connectivity index (χ1n) is 6.95. The Kier molecular flexibility index (Phi) is 5.10. The van der Waals surface area contributed by atoms with Crippen LogP contribution in [0.5, 0.6) is 0 Å². The average molecular weight is 291 g/mol.